The number of nitrogens with zero attached hydrogens (tertiary/aromatic N) is 3. The van der Waals surface area contributed by atoms with E-state index < -0.39 is 5.25 Å². The van der Waals surface area contributed by atoms with E-state index in [9.17, 15) is 4.79 Å². The van der Waals surface area contributed by atoms with E-state index in [1.165, 1.54) is 11.8 Å². The second-order valence-corrected chi connectivity index (χ2v) is 7.84. The van der Waals surface area contributed by atoms with Gasteiger partial charge in [0, 0.05) is 22.8 Å². The Kier molecular flexibility index (Phi) is 5.60. The van der Waals surface area contributed by atoms with Crippen LogP contribution in [0.1, 0.15) is 12.7 Å². The first-order chi connectivity index (χ1) is 12.3. The fraction of sp³-hybridized carbons (Fsp3) is 0.235. The molecule has 0 fully saturated rings. The fourth-order valence-electron chi connectivity index (χ4n) is 2.35. The molecule has 26 heavy (non-hydrogen) atoms. The molecule has 3 rings (SSSR count). The number of halogens is 2. The number of carbonyl (C=O) groups is 1. The molecule has 6 nitrogen and oxygen atoms in total. The summed E-state index contributed by atoms with van der Waals surface area (Å²) < 4.78 is 7.15. The van der Waals surface area contributed by atoms with Crippen LogP contribution in [0.5, 0.6) is 0 Å². The number of nitrogens with one attached hydrogen (secondary N) is 1. The second kappa shape index (κ2) is 7.73. The van der Waals surface area contributed by atoms with Gasteiger partial charge in [-0.3, -0.25) is 4.79 Å². The topological polar surface area (TPSA) is 72.9 Å². The van der Waals surface area contributed by atoms with Gasteiger partial charge < -0.3 is 14.3 Å². The Balaban J connectivity index is 1.72. The number of hydrogen-bond acceptors (Lipinski definition) is 5. The average Bonchev–Trinajstić information content (AvgIpc) is 3.12. The minimum absolute atomic E-state index is 0.183. The summed E-state index contributed by atoms with van der Waals surface area (Å²) >= 11 is 13.2. The van der Waals surface area contributed by atoms with Gasteiger partial charge in [0.25, 0.3) is 0 Å². The maximum atomic E-state index is 12.4. The van der Waals surface area contributed by atoms with Crippen molar-refractivity contribution in [3.8, 4) is 11.4 Å². The van der Waals surface area contributed by atoms with Crippen molar-refractivity contribution >= 4 is 46.6 Å². The second-order valence-electron chi connectivity index (χ2n) is 5.66. The van der Waals surface area contributed by atoms with Gasteiger partial charge in [0.15, 0.2) is 11.0 Å². The molecule has 9 heteroatoms. The third kappa shape index (κ3) is 4.06. The van der Waals surface area contributed by atoms with E-state index in [2.05, 4.69) is 15.5 Å². The molecular weight excluding hydrogens is 395 g/mol. The summed E-state index contributed by atoms with van der Waals surface area (Å²) in [6.45, 7) is 3.66. The molecule has 0 aliphatic heterocycles. The van der Waals surface area contributed by atoms with Crippen LogP contribution in [-0.4, -0.2) is 25.9 Å². The first-order valence-corrected chi connectivity index (χ1v) is 9.36. The lowest BCUT2D eigenvalue weighted by Crippen LogP contribution is -2.22. The van der Waals surface area contributed by atoms with Crippen molar-refractivity contribution in [1.29, 1.82) is 0 Å². The molecule has 0 aliphatic carbocycles. The highest BCUT2D eigenvalue weighted by Crippen LogP contribution is 2.29. The summed E-state index contributed by atoms with van der Waals surface area (Å²) in [6, 6.07) is 6.73. The van der Waals surface area contributed by atoms with Gasteiger partial charge in [-0.25, -0.2) is 0 Å². The predicted molar refractivity (Wildman–Crippen MR) is 104 cm³/mol. The Morgan fingerprint density at radius 3 is 2.58 bits per heavy atom. The largest absolute Gasteiger partial charge is 0.469 e. The molecule has 3 aromatic rings. The molecule has 1 atom stereocenters. The number of anilines is 1. The molecule has 1 N–H and O–H groups in total. The number of aromatic nitrogens is 3. The van der Waals surface area contributed by atoms with Crippen LogP contribution in [0.3, 0.4) is 0 Å². The molecule has 0 bridgehead atoms. The lowest BCUT2D eigenvalue weighted by atomic mass is 10.2. The number of carbonyl (C=O) groups excluding carboxylic acids is 1. The van der Waals surface area contributed by atoms with Gasteiger partial charge >= 0.3 is 0 Å². The third-order valence-electron chi connectivity index (χ3n) is 3.72. The Hall–Kier alpha value is -1.96. The highest BCUT2D eigenvalue weighted by Gasteiger charge is 2.20. The van der Waals surface area contributed by atoms with Gasteiger partial charge in [-0.05, 0) is 38.1 Å². The van der Waals surface area contributed by atoms with Crippen LogP contribution in [0.2, 0.25) is 10.0 Å². The summed E-state index contributed by atoms with van der Waals surface area (Å²) in [4.78, 5) is 12.4. The van der Waals surface area contributed by atoms with Crippen molar-refractivity contribution < 1.29 is 9.21 Å². The molecule has 0 unspecified atom stereocenters. The van der Waals surface area contributed by atoms with Gasteiger partial charge in [-0.1, -0.05) is 35.0 Å². The van der Waals surface area contributed by atoms with Crippen molar-refractivity contribution in [1.82, 2.24) is 14.8 Å². The standard InChI is InChI=1S/C17H16Cl2N4O2S/c1-9-14(4-5-25-9)15-21-22-17(23(15)3)26-10(2)16(24)20-13-7-11(18)6-12(19)8-13/h4-8,10H,1-3H3,(H,20,24)/t10-/m0/s1. The maximum Gasteiger partial charge on any atom is 0.237 e. The third-order valence-corrected chi connectivity index (χ3v) is 5.29. The van der Waals surface area contributed by atoms with Crippen molar-refractivity contribution in [3.63, 3.8) is 0 Å². The minimum Gasteiger partial charge on any atom is -0.469 e. The normalized spacial score (nSPS) is 12.2. The summed E-state index contributed by atoms with van der Waals surface area (Å²) in [5.41, 5.74) is 1.42. The van der Waals surface area contributed by atoms with E-state index in [4.69, 9.17) is 27.6 Å². The zero-order valence-corrected chi connectivity index (χ0v) is 16.6. The van der Waals surface area contributed by atoms with E-state index in [0.717, 1.165) is 11.3 Å². The molecule has 136 valence electrons. The van der Waals surface area contributed by atoms with E-state index >= 15 is 0 Å². The molecule has 1 amide bonds. The van der Waals surface area contributed by atoms with E-state index in [0.29, 0.717) is 26.7 Å². The Bertz CT molecular complexity index is 934. The lowest BCUT2D eigenvalue weighted by Gasteiger charge is -2.12. The van der Waals surface area contributed by atoms with Crippen LogP contribution in [0.4, 0.5) is 5.69 Å². The van der Waals surface area contributed by atoms with Crippen LogP contribution in [0.25, 0.3) is 11.4 Å². The van der Waals surface area contributed by atoms with Crippen LogP contribution in [0, 0.1) is 6.92 Å². The first-order valence-electron chi connectivity index (χ1n) is 7.72. The van der Waals surface area contributed by atoms with Gasteiger partial charge in [-0.15, -0.1) is 10.2 Å². The smallest absolute Gasteiger partial charge is 0.237 e. The fourth-order valence-corrected chi connectivity index (χ4v) is 3.69. The van der Waals surface area contributed by atoms with E-state index in [1.807, 2.05) is 24.6 Å². The number of benzene rings is 1. The Labute approximate surface area is 164 Å². The highest BCUT2D eigenvalue weighted by atomic mass is 35.5. The summed E-state index contributed by atoms with van der Waals surface area (Å²) in [5.74, 6) is 1.27. The molecular formula is C17H16Cl2N4O2S. The van der Waals surface area contributed by atoms with Crippen LogP contribution in [0.15, 0.2) is 40.1 Å². The SMILES string of the molecule is Cc1occc1-c1nnc(S[C@@H](C)C(=O)Nc2cc(Cl)cc(Cl)c2)n1C. The Morgan fingerprint density at radius 1 is 1.27 bits per heavy atom. The Morgan fingerprint density at radius 2 is 1.96 bits per heavy atom. The van der Waals surface area contributed by atoms with Crippen molar-refractivity contribution in [2.75, 3.05) is 5.32 Å². The van der Waals surface area contributed by atoms with E-state index in [-0.39, 0.29) is 5.91 Å². The van der Waals surface area contributed by atoms with Crippen molar-refractivity contribution in [2.45, 2.75) is 24.3 Å². The number of aryl methyl sites for hydroxylation is 1. The van der Waals surface area contributed by atoms with Gasteiger partial charge in [0.2, 0.25) is 5.91 Å². The first kappa shape index (κ1) is 18.8. The van der Waals surface area contributed by atoms with Crippen LogP contribution in [-0.2, 0) is 11.8 Å². The summed E-state index contributed by atoms with van der Waals surface area (Å²) in [6.07, 6.45) is 1.61. The van der Waals surface area contributed by atoms with Gasteiger partial charge in [0.05, 0.1) is 17.1 Å². The number of furan rings is 1. The number of amides is 1. The predicted octanol–water partition coefficient (Wildman–Crippen LogP) is 4.81. The summed E-state index contributed by atoms with van der Waals surface area (Å²) in [5, 5.41) is 12.3. The molecule has 0 aliphatic rings. The van der Waals surface area contributed by atoms with Crippen LogP contribution >= 0.6 is 35.0 Å². The zero-order valence-electron chi connectivity index (χ0n) is 14.3. The van der Waals surface area contributed by atoms with Gasteiger partial charge in [-0.2, -0.15) is 0 Å². The average molecular weight is 411 g/mol. The van der Waals surface area contributed by atoms with Crippen LogP contribution < -0.4 is 5.32 Å². The molecule has 2 heterocycles. The van der Waals surface area contributed by atoms with Crippen molar-refractivity contribution in [2.24, 2.45) is 7.05 Å². The molecule has 0 radical (unpaired) electrons. The number of thioether (sulfide) groups is 1. The monoisotopic (exact) mass is 410 g/mol. The molecule has 2 aromatic heterocycles. The lowest BCUT2D eigenvalue weighted by molar-refractivity contribution is -0.115. The quantitative estimate of drug-likeness (QED) is 0.610. The maximum absolute atomic E-state index is 12.4. The number of hydrogen-bond donors (Lipinski definition) is 1. The zero-order chi connectivity index (χ0) is 18.8. The number of rotatable bonds is 5. The minimum atomic E-state index is -0.394. The molecule has 0 saturated carbocycles. The van der Waals surface area contributed by atoms with E-state index in [1.54, 1.807) is 31.4 Å². The molecule has 1 aromatic carbocycles. The summed E-state index contributed by atoms with van der Waals surface area (Å²) in [7, 11) is 1.85. The highest BCUT2D eigenvalue weighted by molar-refractivity contribution is 8.00. The molecule has 0 saturated heterocycles. The van der Waals surface area contributed by atoms with Crippen molar-refractivity contribution in [3.05, 3.63) is 46.3 Å². The van der Waals surface area contributed by atoms with Gasteiger partial charge in [0.1, 0.15) is 5.76 Å². The molecule has 0 spiro atoms.